The number of hydrogen-bond acceptors (Lipinski definition) is 1. The summed E-state index contributed by atoms with van der Waals surface area (Å²) in [5.74, 6) is -0.101. The molecule has 0 spiro atoms. The number of benzene rings is 2. The molecule has 0 aliphatic rings. The Hall–Kier alpha value is -1.38. The van der Waals surface area contributed by atoms with Crippen LogP contribution in [0.15, 0.2) is 48.5 Å². The first-order valence-corrected chi connectivity index (χ1v) is 6.75. The van der Waals surface area contributed by atoms with Crippen LogP contribution < -0.4 is 5.73 Å². The molecule has 100 valence electrons. The van der Waals surface area contributed by atoms with Crippen molar-refractivity contribution in [2.75, 3.05) is 6.54 Å². The van der Waals surface area contributed by atoms with Gasteiger partial charge in [-0.3, -0.25) is 0 Å². The van der Waals surface area contributed by atoms with E-state index < -0.39 is 0 Å². The molecule has 2 N–H and O–H groups in total. The summed E-state index contributed by atoms with van der Waals surface area (Å²) < 4.78 is 13.4. The molecule has 0 aliphatic carbocycles. The van der Waals surface area contributed by atoms with Gasteiger partial charge in [0, 0.05) is 0 Å². The van der Waals surface area contributed by atoms with E-state index in [1.165, 1.54) is 11.6 Å². The van der Waals surface area contributed by atoms with E-state index in [1.54, 1.807) is 6.07 Å². The average Bonchev–Trinajstić information content (AvgIpc) is 2.44. The molecule has 0 saturated carbocycles. The van der Waals surface area contributed by atoms with Crippen LogP contribution in [0.25, 0.3) is 0 Å². The number of nitrogens with two attached hydrogens (primary N) is 1. The maximum absolute atomic E-state index is 13.4. The fourth-order valence-electron chi connectivity index (χ4n) is 2.20. The van der Waals surface area contributed by atoms with Gasteiger partial charge in [0.25, 0.3) is 0 Å². The fourth-order valence-corrected chi connectivity index (χ4v) is 2.41. The van der Waals surface area contributed by atoms with Gasteiger partial charge in [0.2, 0.25) is 0 Å². The number of halogens is 2. The Kier molecular flexibility index (Phi) is 4.94. The summed E-state index contributed by atoms with van der Waals surface area (Å²) in [6.07, 6.45) is 1.58. The average molecular weight is 278 g/mol. The van der Waals surface area contributed by atoms with Crippen molar-refractivity contribution in [3.05, 3.63) is 70.5 Å². The summed E-state index contributed by atoms with van der Waals surface area (Å²) in [6.45, 7) is 0.557. The minimum atomic E-state index is -0.366. The lowest BCUT2D eigenvalue weighted by atomic mass is 9.92. The van der Waals surface area contributed by atoms with Gasteiger partial charge in [-0.05, 0) is 42.5 Å². The first kappa shape index (κ1) is 14.0. The Morgan fingerprint density at radius 1 is 1.00 bits per heavy atom. The maximum Gasteiger partial charge on any atom is 0.142 e. The van der Waals surface area contributed by atoms with Gasteiger partial charge < -0.3 is 5.73 Å². The standard InChI is InChI=1S/C16H17ClFN/c17-16-14(7-4-8-15(16)18)10-13(11-19)9-12-5-2-1-3-6-12/h1-8,13H,9-11,19H2. The molecule has 2 aromatic rings. The zero-order valence-corrected chi connectivity index (χ0v) is 11.4. The molecule has 0 fully saturated rings. The van der Waals surface area contributed by atoms with Crippen LogP contribution in [0.4, 0.5) is 4.39 Å². The Morgan fingerprint density at radius 2 is 1.74 bits per heavy atom. The van der Waals surface area contributed by atoms with Crippen molar-refractivity contribution in [1.29, 1.82) is 0 Å². The van der Waals surface area contributed by atoms with Crippen molar-refractivity contribution in [2.24, 2.45) is 11.7 Å². The van der Waals surface area contributed by atoms with Crippen molar-refractivity contribution in [2.45, 2.75) is 12.8 Å². The minimum absolute atomic E-state index is 0.217. The topological polar surface area (TPSA) is 26.0 Å². The van der Waals surface area contributed by atoms with E-state index in [2.05, 4.69) is 12.1 Å². The first-order valence-electron chi connectivity index (χ1n) is 6.37. The van der Waals surface area contributed by atoms with E-state index in [0.29, 0.717) is 13.0 Å². The predicted molar refractivity (Wildman–Crippen MR) is 77.8 cm³/mol. The van der Waals surface area contributed by atoms with Crippen LogP contribution >= 0.6 is 11.6 Å². The van der Waals surface area contributed by atoms with E-state index in [0.717, 1.165) is 12.0 Å². The molecule has 0 aliphatic heterocycles. The van der Waals surface area contributed by atoms with Crippen molar-refractivity contribution in [3.8, 4) is 0 Å². The molecule has 0 amide bonds. The van der Waals surface area contributed by atoms with Gasteiger partial charge in [-0.2, -0.15) is 0 Å². The van der Waals surface area contributed by atoms with Gasteiger partial charge >= 0.3 is 0 Å². The third-order valence-electron chi connectivity index (χ3n) is 3.24. The quantitative estimate of drug-likeness (QED) is 0.883. The van der Waals surface area contributed by atoms with Gasteiger partial charge in [0.1, 0.15) is 5.82 Å². The Morgan fingerprint density at radius 3 is 2.42 bits per heavy atom. The Labute approximate surface area is 118 Å². The summed E-state index contributed by atoms with van der Waals surface area (Å²) in [5, 5.41) is 0.217. The first-order chi connectivity index (χ1) is 9.20. The maximum atomic E-state index is 13.4. The van der Waals surface area contributed by atoms with Crippen molar-refractivity contribution >= 4 is 11.6 Å². The third-order valence-corrected chi connectivity index (χ3v) is 3.66. The molecule has 2 rings (SSSR count). The molecular weight excluding hydrogens is 261 g/mol. The molecule has 1 nitrogen and oxygen atoms in total. The largest absolute Gasteiger partial charge is 0.330 e. The smallest absolute Gasteiger partial charge is 0.142 e. The second kappa shape index (κ2) is 6.69. The second-order valence-corrected chi connectivity index (χ2v) is 5.09. The highest BCUT2D eigenvalue weighted by Gasteiger charge is 2.13. The van der Waals surface area contributed by atoms with Crippen LogP contribution in [0.1, 0.15) is 11.1 Å². The minimum Gasteiger partial charge on any atom is -0.330 e. The molecular formula is C16H17ClFN. The van der Waals surface area contributed by atoms with Crippen LogP contribution in [0.3, 0.4) is 0 Å². The van der Waals surface area contributed by atoms with Gasteiger partial charge in [-0.15, -0.1) is 0 Å². The van der Waals surface area contributed by atoms with Gasteiger partial charge in [-0.25, -0.2) is 4.39 Å². The van der Waals surface area contributed by atoms with Crippen molar-refractivity contribution < 1.29 is 4.39 Å². The molecule has 0 bridgehead atoms. The lowest BCUT2D eigenvalue weighted by Gasteiger charge is -2.16. The van der Waals surface area contributed by atoms with E-state index in [4.69, 9.17) is 17.3 Å². The molecule has 19 heavy (non-hydrogen) atoms. The fraction of sp³-hybridized carbons (Fsp3) is 0.250. The highest BCUT2D eigenvalue weighted by atomic mass is 35.5. The Balaban J connectivity index is 2.09. The summed E-state index contributed by atoms with van der Waals surface area (Å²) in [6, 6.07) is 15.1. The second-order valence-electron chi connectivity index (χ2n) is 4.71. The molecule has 0 heterocycles. The molecule has 1 unspecified atom stereocenters. The van der Waals surface area contributed by atoms with Crippen LogP contribution in [0.5, 0.6) is 0 Å². The normalized spacial score (nSPS) is 12.4. The zero-order chi connectivity index (χ0) is 13.7. The summed E-state index contributed by atoms with van der Waals surface area (Å²) in [7, 11) is 0. The van der Waals surface area contributed by atoms with Crippen LogP contribution in [0.2, 0.25) is 5.02 Å². The highest BCUT2D eigenvalue weighted by molar-refractivity contribution is 6.31. The molecule has 3 heteroatoms. The summed E-state index contributed by atoms with van der Waals surface area (Å²) in [4.78, 5) is 0. The zero-order valence-electron chi connectivity index (χ0n) is 10.7. The van der Waals surface area contributed by atoms with Crippen molar-refractivity contribution in [3.63, 3.8) is 0 Å². The molecule has 0 aromatic heterocycles. The van der Waals surface area contributed by atoms with E-state index in [9.17, 15) is 4.39 Å². The highest BCUT2D eigenvalue weighted by Crippen LogP contribution is 2.23. The van der Waals surface area contributed by atoms with Crippen LogP contribution in [0, 0.1) is 11.7 Å². The van der Waals surface area contributed by atoms with Gasteiger partial charge in [0.05, 0.1) is 5.02 Å². The lowest BCUT2D eigenvalue weighted by molar-refractivity contribution is 0.530. The predicted octanol–water partition coefficient (Wildman–Crippen LogP) is 3.84. The Bertz CT molecular complexity index is 528. The molecule has 1 atom stereocenters. The number of hydrogen-bond donors (Lipinski definition) is 1. The lowest BCUT2D eigenvalue weighted by Crippen LogP contribution is -2.19. The SMILES string of the molecule is NCC(Cc1ccccc1)Cc1cccc(F)c1Cl. The van der Waals surface area contributed by atoms with E-state index >= 15 is 0 Å². The van der Waals surface area contributed by atoms with Crippen LogP contribution in [-0.4, -0.2) is 6.54 Å². The number of rotatable bonds is 5. The van der Waals surface area contributed by atoms with Gasteiger partial charge in [0.15, 0.2) is 0 Å². The monoisotopic (exact) mass is 277 g/mol. The summed E-state index contributed by atoms with van der Waals surface area (Å²) in [5.41, 5.74) is 7.89. The van der Waals surface area contributed by atoms with Gasteiger partial charge in [-0.1, -0.05) is 54.1 Å². The third kappa shape index (κ3) is 3.79. The molecule has 0 radical (unpaired) electrons. The van der Waals surface area contributed by atoms with E-state index in [-0.39, 0.29) is 16.8 Å². The molecule has 0 saturated heterocycles. The molecule has 2 aromatic carbocycles. The van der Waals surface area contributed by atoms with Crippen LogP contribution in [-0.2, 0) is 12.8 Å². The van der Waals surface area contributed by atoms with Crippen molar-refractivity contribution in [1.82, 2.24) is 0 Å². The van der Waals surface area contributed by atoms with E-state index in [1.807, 2.05) is 24.3 Å². The summed E-state index contributed by atoms with van der Waals surface area (Å²) >= 11 is 5.98.